The van der Waals surface area contributed by atoms with Crippen LogP contribution >= 0.6 is 0 Å². The summed E-state index contributed by atoms with van der Waals surface area (Å²) in [5.41, 5.74) is 0.513. The van der Waals surface area contributed by atoms with Gasteiger partial charge in [0.1, 0.15) is 17.3 Å². The van der Waals surface area contributed by atoms with Crippen LogP contribution in [0.25, 0.3) is 0 Å². The van der Waals surface area contributed by atoms with Gasteiger partial charge in [0.2, 0.25) is 0 Å². The molecule has 0 saturated carbocycles. The molecule has 1 N–H and O–H groups in total. The van der Waals surface area contributed by atoms with E-state index >= 15 is 0 Å². The highest BCUT2D eigenvalue weighted by atomic mass is 19.1. The maximum absolute atomic E-state index is 13.9. The summed E-state index contributed by atoms with van der Waals surface area (Å²) in [6.45, 7) is 1.98. The Kier molecular flexibility index (Phi) is 3.90. The summed E-state index contributed by atoms with van der Waals surface area (Å²) in [7, 11) is 0. The molecule has 1 unspecified atom stereocenters. The molecule has 1 aliphatic rings. The van der Waals surface area contributed by atoms with Crippen LogP contribution in [0.1, 0.15) is 11.7 Å². The number of hydrogen-bond donors (Lipinski definition) is 1. The molecule has 0 amide bonds. The Labute approximate surface area is 116 Å². The highest BCUT2D eigenvalue weighted by Gasteiger charge is 2.20. The molecule has 20 heavy (non-hydrogen) atoms. The molecule has 4 nitrogen and oxygen atoms in total. The van der Waals surface area contributed by atoms with Crippen molar-refractivity contribution in [3.8, 4) is 11.5 Å². The fraction of sp³-hybridized carbons (Fsp3) is 0.267. The summed E-state index contributed by atoms with van der Waals surface area (Å²) in [6.07, 6.45) is 3.01. The van der Waals surface area contributed by atoms with E-state index in [1.807, 2.05) is 0 Å². The molecule has 104 valence electrons. The molecular formula is C15H15FN2O2. The smallest absolute Gasteiger partial charge is 0.145 e. The van der Waals surface area contributed by atoms with Gasteiger partial charge in [0.15, 0.2) is 0 Å². The van der Waals surface area contributed by atoms with Crippen molar-refractivity contribution in [3.63, 3.8) is 0 Å². The summed E-state index contributed by atoms with van der Waals surface area (Å²) >= 11 is 0. The van der Waals surface area contributed by atoms with E-state index in [2.05, 4.69) is 10.3 Å². The van der Waals surface area contributed by atoms with E-state index in [-0.39, 0.29) is 11.9 Å². The van der Waals surface area contributed by atoms with Gasteiger partial charge in [-0.15, -0.1) is 0 Å². The van der Waals surface area contributed by atoms with Crippen molar-refractivity contribution >= 4 is 0 Å². The lowest BCUT2D eigenvalue weighted by Gasteiger charge is -2.24. The van der Waals surface area contributed by atoms with Gasteiger partial charge in [-0.1, -0.05) is 0 Å². The van der Waals surface area contributed by atoms with Gasteiger partial charge >= 0.3 is 0 Å². The molecule has 2 heterocycles. The third-order valence-electron chi connectivity index (χ3n) is 3.11. The van der Waals surface area contributed by atoms with E-state index in [4.69, 9.17) is 9.47 Å². The fourth-order valence-electron chi connectivity index (χ4n) is 2.14. The number of ether oxygens (including phenoxy) is 2. The second-order valence-corrected chi connectivity index (χ2v) is 4.54. The van der Waals surface area contributed by atoms with Crippen molar-refractivity contribution in [2.45, 2.75) is 6.10 Å². The van der Waals surface area contributed by atoms with Gasteiger partial charge in [-0.3, -0.25) is 4.98 Å². The van der Waals surface area contributed by atoms with Gasteiger partial charge in [0.25, 0.3) is 0 Å². The topological polar surface area (TPSA) is 43.4 Å². The zero-order valence-corrected chi connectivity index (χ0v) is 10.9. The molecule has 2 aromatic rings. The van der Waals surface area contributed by atoms with Crippen LogP contribution in [0, 0.1) is 5.82 Å². The predicted octanol–water partition coefficient (Wildman–Crippen LogP) is 2.67. The molecule has 1 atom stereocenters. The minimum Gasteiger partial charge on any atom is -0.456 e. The van der Waals surface area contributed by atoms with Crippen LogP contribution in [0.15, 0.2) is 42.7 Å². The number of aromatic nitrogens is 1. The van der Waals surface area contributed by atoms with Crippen LogP contribution in [0.5, 0.6) is 11.5 Å². The third kappa shape index (κ3) is 2.95. The Morgan fingerprint density at radius 1 is 1.30 bits per heavy atom. The number of pyridine rings is 1. The molecule has 0 aliphatic carbocycles. The predicted molar refractivity (Wildman–Crippen MR) is 72.3 cm³/mol. The van der Waals surface area contributed by atoms with Crippen LogP contribution in [0.4, 0.5) is 4.39 Å². The molecule has 3 rings (SSSR count). The maximum atomic E-state index is 13.9. The number of halogens is 1. The van der Waals surface area contributed by atoms with Gasteiger partial charge in [-0.05, 0) is 30.3 Å². The van der Waals surface area contributed by atoms with Gasteiger partial charge in [-0.25, -0.2) is 4.39 Å². The monoisotopic (exact) mass is 274 g/mol. The summed E-state index contributed by atoms with van der Waals surface area (Å²) in [5, 5.41) is 3.19. The number of morpholine rings is 1. The van der Waals surface area contributed by atoms with Crippen molar-refractivity contribution in [2.24, 2.45) is 0 Å². The van der Waals surface area contributed by atoms with E-state index in [9.17, 15) is 4.39 Å². The van der Waals surface area contributed by atoms with Crippen LogP contribution in [-0.2, 0) is 4.74 Å². The van der Waals surface area contributed by atoms with Crippen LogP contribution in [-0.4, -0.2) is 24.7 Å². The Balaban J connectivity index is 1.82. The second kappa shape index (κ2) is 5.98. The summed E-state index contributed by atoms with van der Waals surface area (Å²) in [4.78, 5) is 3.98. The molecular weight excluding hydrogens is 259 g/mol. The minimum atomic E-state index is -0.280. The van der Waals surface area contributed by atoms with Crippen LogP contribution in [0.2, 0.25) is 0 Å². The van der Waals surface area contributed by atoms with Crippen LogP contribution < -0.4 is 10.1 Å². The SMILES string of the molecule is Fc1ccc(Oc2cccnc2)cc1C1CNCCO1. The lowest BCUT2D eigenvalue weighted by molar-refractivity contribution is 0.0254. The van der Waals surface area contributed by atoms with Gasteiger partial charge < -0.3 is 14.8 Å². The van der Waals surface area contributed by atoms with Gasteiger partial charge in [-0.2, -0.15) is 0 Å². The van der Waals surface area contributed by atoms with Gasteiger partial charge in [0, 0.05) is 24.8 Å². The van der Waals surface area contributed by atoms with E-state index in [1.54, 1.807) is 36.7 Å². The Hall–Kier alpha value is -1.98. The molecule has 0 radical (unpaired) electrons. The summed E-state index contributed by atoms with van der Waals surface area (Å²) in [6, 6.07) is 8.27. The molecule has 1 aliphatic heterocycles. The quantitative estimate of drug-likeness (QED) is 0.934. The van der Waals surface area contributed by atoms with E-state index in [0.717, 1.165) is 6.54 Å². The Bertz CT molecular complexity index is 571. The molecule has 0 spiro atoms. The second-order valence-electron chi connectivity index (χ2n) is 4.54. The molecule has 1 fully saturated rings. The number of nitrogens with zero attached hydrogens (tertiary/aromatic N) is 1. The first kappa shape index (κ1) is 13.0. The summed E-state index contributed by atoms with van der Waals surface area (Å²) < 4.78 is 25.2. The van der Waals surface area contributed by atoms with Crippen molar-refractivity contribution in [1.82, 2.24) is 10.3 Å². The maximum Gasteiger partial charge on any atom is 0.145 e. The van der Waals surface area contributed by atoms with Crippen molar-refractivity contribution in [3.05, 3.63) is 54.1 Å². The third-order valence-corrected chi connectivity index (χ3v) is 3.11. The lowest BCUT2D eigenvalue weighted by atomic mass is 10.1. The summed E-state index contributed by atoms with van der Waals surface area (Å²) in [5.74, 6) is 0.911. The van der Waals surface area contributed by atoms with Crippen molar-refractivity contribution in [2.75, 3.05) is 19.7 Å². The number of nitrogens with one attached hydrogen (secondary N) is 1. The number of hydrogen-bond acceptors (Lipinski definition) is 4. The number of rotatable bonds is 3. The van der Waals surface area contributed by atoms with E-state index in [0.29, 0.717) is 30.2 Å². The zero-order chi connectivity index (χ0) is 13.8. The molecule has 5 heteroatoms. The standard InChI is InChI=1S/C15H15FN2O2/c16-14-4-3-11(20-12-2-1-5-17-9-12)8-13(14)15-10-18-6-7-19-15/h1-5,8-9,15,18H,6-7,10H2. The normalized spacial score (nSPS) is 18.8. The first-order valence-corrected chi connectivity index (χ1v) is 6.52. The molecule has 1 aromatic carbocycles. The Morgan fingerprint density at radius 3 is 3.00 bits per heavy atom. The fourth-order valence-corrected chi connectivity index (χ4v) is 2.14. The molecule has 1 aromatic heterocycles. The first-order chi connectivity index (χ1) is 9.83. The van der Waals surface area contributed by atoms with Gasteiger partial charge in [0.05, 0.1) is 18.9 Å². The zero-order valence-electron chi connectivity index (χ0n) is 10.9. The van der Waals surface area contributed by atoms with Crippen molar-refractivity contribution < 1.29 is 13.9 Å². The van der Waals surface area contributed by atoms with Crippen LogP contribution in [0.3, 0.4) is 0 Å². The highest BCUT2D eigenvalue weighted by Crippen LogP contribution is 2.28. The Morgan fingerprint density at radius 2 is 2.25 bits per heavy atom. The highest BCUT2D eigenvalue weighted by molar-refractivity contribution is 5.35. The average Bonchev–Trinajstić information content (AvgIpc) is 2.51. The van der Waals surface area contributed by atoms with E-state index < -0.39 is 0 Å². The molecule has 0 bridgehead atoms. The van der Waals surface area contributed by atoms with Crippen molar-refractivity contribution in [1.29, 1.82) is 0 Å². The minimum absolute atomic E-state index is 0.277. The largest absolute Gasteiger partial charge is 0.456 e. The first-order valence-electron chi connectivity index (χ1n) is 6.52. The average molecular weight is 274 g/mol. The molecule has 1 saturated heterocycles. The van der Waals surface area contributed by atoms with E-state index in [1.165, 1.54) is 6.07 Å². The number of benzene rings is 1. The lowest BCUT2D eigenvalue weighted by Crippen LogP contribution is -2.33.